The highest BCUT2D eigenvalue weighted by Crippen LogP contribution is 2.30. The minimum absolute atomic E-state index is 0.220. The van der Waals surface area contributed by atoms with E-state index in [1.165, 1.54) is 18.4 Å². The van der Waals surface area contributed by atoms with Crippen molar-refractivity contribution in [2.24, 2.45) is 4.99 Å². The monoisotopic (exact) mass is 526 g/mol. The second-order valence-electron chi connectivity index (χ2n) is 7.51. The molecule has 0 bridgehead atoms. The third-order valence-corrected chi connectivity index (χ3v) is 6.74. The van der Waals surface area contributed by atoms with Crippen LogP contribution in [0.4, 0.5) is 0 Å². The number of aromatic nitrogens is 1. The molecule has 0 N–H and O–H groups in total. The Morgan fingerprint density at radius 1 is 1.24 bits per heavy atom. The van der Waals surface area contributed by atoms with E-state index >= 15 is 0 Å². The zero-order chi connectivity index (χ0) is 23.5. The Morgan fingerprint density at radius 2 is 2.00 bits per heavy atom. The molecule has 3 aromatic rings. The molecule has 0 aliphatic carbocycles. The van der Waals surface area contributed by atoms with Crippen LogP contribution in [0.1, 0.15) is 37.4 Å². The summed E-state index contributed by atoms with van der Waals surface area (Å²) in [6.07, 6.45) is 2.70. The molecule has 0 fully saturated rings. The van der Waals surface area contributed by atoms with Gasteiger partial charge in [0.25, 0.3) is 5.56 Å². The van der Waals surface area contributed by atoms with Crippen molar-refractivity contribution in [1.29, 1.82) is 0 Å². The van der Waals surface area contributed by atoms with Gasteiger partial charge in [0.1, 0.15) is 5.75 Å². The van der Waals surface area contributed by atoms with Crippen LogP contribution >= 0.6 is 27.3 Å². The number of hydrogen-bond donors (Lipinski definition) is 0. The number of ether oxygens (including phenoxy) is 2. The van der Waals surface area contributed by atoms with E-state index in [9.17, 15) is 9.59 Å². The van der Waals surface area contributed by atoms with Gasteiger partial charge >= 0.3 is 5.97 Å². The molecule has 0 spiro atoms. The number of rotatable bonds is 6. The molecule has 1 aromatic heterocycles. The van der Waals surface area contributed by atoms with Crippen molar-refractivity contribution in [3.63, 3.8) is 0 Å². The number of methoxy groups -OCH3 is 1. The Morgan fingerprint density at radius 3 is 2.70 bits per heavy atom. The van der Waals surface area contributed by atoms with Gasteiger partial charge in [0.05, 0.1) is 35.6 Å². The number of hydrogen-bond acceptors (Lipinski definition) is 6. The number of carbonyl (C=O) groups excluding carboxylic acids is 1. The zero-order valence-corrected chi connectivity index (χ0v) is 20.9. The van der Waals surface area contributed by atoms with Gasteiger partial charge in [0.15, 0.2) is 4.80 Å². The normalized spacial score (nSPS) is 15.8. The number of thiazole rings is 1. The van der Waals surface area contributed by atoms with E-state index in [1.807, 2.05) is 61.5 Å². The summed E-state index contributed by atoms with van der Waals surface area (Å²) in [4.78, 5) is 31.4. The van der Waals surface area contributed by atoms with Gasteiger partial charge in [-0.15, -0.1) is 0 Å². The molecule has 0 radical (unpaired) electrons. The van der Waals surface area contributed by atoms with Crippen LogP contribution in [0, 0.1) is 0 Å². The second-order valence-corrected chi connectivity index (χ2v) is 9.44. The number of halogens is 1. The van der Waals surface area contributed by atoms with Crippen molar-refractivity contribution < 1.29 is 14.3 Å². The van der Waals surface area contributed by atoms with Crippen molar-refractivity contribution in [3.8, 4) is 5.75 Å². The lowest BCUT2D eigenvalue weighted by molar-refractivity contribution is -0.136. The number of benzene rings is 2. The van der Waals surface area contributed by atoms with Gasteiger partial charge in [0, 0.05) is 10.0 Å². The van der Waals surface area contributed by atoms with Gasteiger partial charge in [-0.05, 0) is 43.2 Å². The van der Waals surface area contributed by atoms with Gasteiger partial charge in [-0.3, -0.25) is 9.36 Å². The van der Waals surface area contributed by atoms with Crippen molar-refractivity contribution in [1.82, 2.24) is 4.57 Å². The van der Waals surface area contributed by atoms with Crippen LogP contribution in [0.3, 0.4) is 0 Å². The Hall–Kier alpha value is -2.97. The predicted octanol–water partition coefficient (Wildman–Crippen LogP) is 3.96. The molecule has 4 rings (SSSR count). The SMILES string of the molecule is CCCOc1ccc(Br)cc1C=c1sc2n(c1=O)C(c1ccccc1)C(C(=O)OC)=C(C)N=2. The maximum absolute atomic E-state index is 13.6. The number of allylic oxidation sites excluding steroid dienone is 1. The van der Waals surface area contributed by atoms with Crippen molar-refractivity contribution in [3.05, 3.63) is 95.1 Å². The number of carbonyl (C=O) groups is 1. The Kier molecular flexibility index (Phi) is 6.95. The molecular formula is C25H23BrN2O4S. The van der Waals surface area contributed by atoms with Crippen LogP contribution in [0.15, 0.2) is 74.1 Å². The highest BCUT2D eigenvalue weighted by molar-refractivity contribution is 9.10. The van der Waals surface area contributed by atoms with Crippen molar-refractivity contribution in [2.45, 2.75) is 26.3 Å². The van der Waals surface area contributed by atoms with Gasteiger partial charge in [-0.2, -0.15) is 0 Å². The van der Waals surface area contributed by atoms with Crippen LogP contribution in [-0.2, 0) is 9.53 Å². The molecule has 0 saturated carbocycles. The average molecular weight is 527 g/mol. The molecular weight excluding hydrogens is 504 g/mol. The topological polar surface area (TPSA) is 69.9 Å². The fraction of sp³-hybridized carbons (Fsp3) is 0.240. The van der Waals surface area contributed by atoms with Crippen LogP contribution in [0.2, 0.25) is 0 Å². The van der Waals surface area contributed by atoms with Crippen LogP contribution in [0.25, 0.3) is 6.08 Å². The quantitative estimate of drug-likeness (QED) is 0.456. The third-order valence-electron chi connectivity index (χ3n) is 5.26. The summed E-state index contributed by atoms with van der Waals surface area (Å²) in [6, 6.07) is 14.6. The summed E-state index contributed by atoms with van der Waals surface area (Å²) in [7, 11) is 1.33. The van der Waals surface area contributed by atoms with E-state index in [4.69, 9.17) is 9.47 Å². The van der Waals surface area contributed by atoms with Crippen LogP contribution < -0.4 is 19.6 Å². The zero-order valence-electron chi connectivity index (χ0n) is 18.5. The van der Waals surface area contributed by atoms with Gasteiger partial charge < -0.3 is 9.47 Å². The van der Waals surface area contributed by atoms with Crippen molar-refractivity contribution in [2.75, 3.05) is 13.7 Å². The highest BCUT2D eigenvalue weighted by Gasteiger charge is 2.32. The fourth-order valence-corrected chi connectivity index (χ4v) is 5.18. The predicted molar refractivity (Wildman–Crippen MR) is 132 cm³/mol. The minimum atomic E-state index is -0.615. The Balaban J connectivity index is 1.94. The lowest BCUT2D eigenvalue weighted by atomic mass is 9.96. The first-order valence-corrected chi connectivity index (χ1v) is 12.1. The standard InChI is InChI=1S/C25H23BrN2O4S/c1-4-12-32-19-11-10-18(26)13-17(19)14-20-23(29)28-22(16-8-6-5-7-9-16)21(24(30)31-3)15(2)27-25(28)33-20/h5-11,13-14,22H,4,12H2,1-3H3. The largest absolute Gasteiger partial charge is 0.493 e. The summed E-state index contributed by atoms with van der Waals surface area (Å²) in [5.74, 6) is 0.207. The summed E-state index contributed by atoms with van der Waals surface area (Å²) in [5.41, 5.74) is 2.29. The Labute approximate surface area is 203 Å². The molecule has 1 atom stereocenters. The molecule has 6 nitrogen and oxygen atoms in total. The van der Waals surface area contributed by atoms with Gasteiger partial charge in [-0.1, -0.05) is 64.5 Å². The fourth-order valence-electron chi connectivity index (χ4n) is 3.76. The summed E-state index contributed by atoms with van der Waals surface area (Å²) in [6.45, 7) is 4.39. The van der Waals surface area contributed by atoms with Crippen LogP contribution in [0.5, 0.6) is 5.75 Å². The first-order chi connectivity index (χ1) is 15.9. The molecule has 33 heavy (non-hydrogen) atoms. The molecule has 1 aliphatic heterocycles. The summed E-state index contributed by atoms with van der Waals surface area (Å²) >= 11 is 4.79. The first kappa shape index (κ1) is 23.2. The van der Waals surface area contributed by atoms with E-state index < -0.39 is 12.0 Å². The second kappa shape index (κ2) is 9.89. The molecule has 2 heterocycles. The molecule has 8 heteroatoms. The first-order valence-electron chi connectivity index (χ1n) is 10.5. The molecule has 1 aliphatic rings. The lowest BCUT2D eigenvalue weighted by Gasteiger charge is -2.24. The van der Waals surface area contributed by atoms with E-state index in [0.29, 0.717) is 33.0 Å². The Bertz CT molecular complexity index is 1410. The number of fused-ring (bicyclic) bond motifs is 1. The van der Waals surface area contributed by atoms with Gasteiger partial charge in [0.2, 0.25) is 0 Å². The third kappa shape index (κ3) is 4.58. The van der Waals surface area contributed by atoms with Crippen LogP contribution in [-0.4, -0.2) is 24.3 Å². The maximum Gasteiger partial charge on any atom is 0.338 e. The maximum atomic E-state index is 13.6. The van der Waals surface area contributed by atoms with E-state index in [2.05, 4.69) is 20.9 Å². The lowest BCUT2D eigenvalue weighted by Crippen LogP contribution is -2.39. The highest BCUT2D eigenvalue weighted by atomic mass is 79.9. The smallest absolute Gasteiger partial charge is 0.338 e. The average Bonchev–Trinajstić information content (AvgIpc) is 3.12. The van der Waals surface area contributed by atoms with E-state index in [0.717, 1.165) is 22.0 Å². The summed E-state index contributed by atoms with van der Waals surface area (Å²) in [5, 5.41) is 0. The van der Waals surface area contributed by atoms with Gasteiger partial charge in [-0.25, -0.2) is 9.79 Å². The summed E-state index contributed by atoms with van der Waals surface area (Å²) < 4.78 is 13.9. The number of nitrogens with zero attached hydrogens (tertiary/aromatic N) is 2. The van der Waals surface area contributed by atoms with E-state index in [-0.39, 0.29) is 5.56 Å². The van der Waals surface area contributed by atoms with E-state index in [1.54, 1.807) is 11.5 Å². The molecule has 0 amide bonds. The molecule has 1 unspecified atom stereocenters. The minimum Gasteiger partial charge on any atom is -0.493 e. The molecule has 0 saturated heterocycles. The van der Waals surface area contributed by atoms with Crippen molar-refractivity contribution >= 4 is 39.3 Å². The molecule has 2 aromatic carbocycles. The molecule has 170 valence electrons. The number of esters is 1.